The molecule has 0 aliphatic heterocycles. The highest BCUT2D eigenvalue weighted by Gasteiger charge is 2.09. The van der Waals surface area contributed by atoms with Crippen LogP contribution >= 0.6 is 0 Å². The van der Waals surface area contributed by atoms with Gasteiger partial charge in [0.25, 0.3) is 0 Å². The monoisotopic (exact) mass is 248 g/mol. The molecule has 0 bridgehead atoms. The van der Waals surface area contributed by atoms with E-state index >= 15 is 0 Å². The van der Waals surface area contributed by atoms with Crippen LogP contribution in [0.2, 0.25) is 0 Å². The van der Waals surface area contributed by atoms with Crippen molar-refractivity contribution >= 4 is 6.16 Å². The van der Waals surface area contributed by atoms with Crippen molar-refractivity contribution in [3.05, 3.63) is 0 Å². The summed E-state index contributed by atoms with van der Waals surface area (Å²) in [7, 11) is 1.33. The quantitative estimate of drug-likeness (QED) is 0.618. The first-order valence-electron chi connectivity index (χ1n) is 6.95. The fraction of sp³-hybridized carbons (Fsp3) is 0.929. The van der Waals surface area contributed by atoms with Crippen LogP contribution in [0.25, 0.3) is 0 Å². The van der Waals surface area contributed by atoms with E-state index in [2.05, 4.69) is 18.6 Å². The number of carbonyl (C=O) groups is 1. The van der Waals surface area contributed by atoms with E-state index in [-0.39, 0.29) is 0 Å². The Hall–Kier alpha value is -0.730. The van der Waals surface area contributed by atoms with Gasteiger partial charge in [-0.25, -0.2) is 4.79 Å². The number of rotatable bonds is 6. The lowest BCUT2D eigenvalue weighted by atomic mass is 10.0. The smallest absolute Gasteiger partial charge is 0.438 e. The summed E-state index contributed by atoms with van der Waals surface area (Å²) in [6.45, 7) is 12.8. The van der Waals surface area contributed by atoms with Crippen LogP contribution in [0.15, 0.2) is 0 Å². The van der Waals surface area contributed by atoms with Gasteiger partial charge >= 0.3 is 6.16 Å². The first-order valence-corrected chi connectivity index (χ1v) is 6.95. The van der Waals surface area contributed by atoms with Gasteiger partial charge in [-0.15, -0.1) is 0 Å². The van der Waals surface area contributed by atoms with Crippen molar-refractivity contribution in [1.82, 2.24) is 0 Å². The van der Waals surface area contributed by atoms with Gasteiger partial charge in [-0.1, -0.05) is 60.8 Å². The molecule has 0 aromatic carbocycles. The highest BCUT2D eigenvalue weighted by molar-refractivity contribution is 5.59. The summed E-state index contributed by atoms with van der Waals surface area (Å²) < 4.78 is 9.27. The molecule has 0 aromatic rings. The third-order valence-electron chi connectivity index (χ3n) is 2.15. The first kappa shape index (κ1) is 21.5. The van der Waals surface area contributed by atoms with Gasteiger partial charge in [0.2, 0.25) is 0 Å². The highest BCUT2D eigenvalue weighted by atomic mass is 16.7. The Morgan fingerprint density at radius 3 is 2.00 bits per heavy atom. The van der Waals surface area contributed by atoms with Crippen molar-refractivity contribution in [2.24, 2.45) is 5.92 Å². The van der Waals surface area contributed by atoms with E-state index in [0.717, 1.165) is 12.8 Å². The van der Waals surface area contributed by atoms with Gasteiger partial charge in [-0.2, -0.15) is 0 Å². The average molecular weight is 248 g/mol. The maximum Gasteiger partial charge on any atom is 0.507 e. The van der Waals surface area contributed by atoms with Gasteiger partial charge in [0.15, 0.2) is 0 Å². The Morgan fingerprint density at radius 1 is 1.12 bits per heavy atom. The summed E-state index contributed by atoms with van der Waals surface area (Å²) in [5.74, 6) is 0.485. The minimum absolute atomic E-state index is 0.485. The summed E-state index contributed by atoms with van der Waals surface area (Å²) in [5.41, 5.74) is 0. The lowest BCUT2D eigenvalue weighted by molar-refractivity contribution is 0.0579. The summed E-state index contributed by atoms with van der Waals surface area (Å²) >= 11 is 0. The van der Waals surface area contributed by atoms with E-state index in [0.29, 0.717) is 12.5 Å². The molecule has 0 heterocycles. The number of hydrogen-bond donors (Lipinski definition) is 0. The number of carbonyl (C=O) groups excluding carboxylic acids is 1. The molecule has 0 N–H and O–H groups in total. The SMILES string of the molecule is CC.CC.CCCCC(CC)COC(=O)OC. The van der Waals surface area contributed by atoms with E-state index in [1.807, 2.05) is 27.7 Å². The zero-order valence-electron chi connectivity index (χ0n) is 12.8. The van der Waals surface area contributed by atoms with Gasteiger partial charge in [0.05, 0.1) is 13.7 Å². The van der Waals surface area contributed by atoms with Crippen molar-refractivity contribution in [3.63, 3.8) is 0 Å². The Morgan fingerprint density at radius 2 is 1.65 bits per heavy atom. The lowest BCUT2D eigenvalue weighted by Gasteiger charge is -2.13. The van der Waals surface area contributed by atoms with Crippen molar-refractivity contribution in [3.8, 4) is 0 Å². The highest BCUT2D eigenvalue weighted by Crippen LogP contribution is 2.12. The van der Waals surface area contributed by atoms with Gasteiger partial charge in [-0.05, 0) is 12.3 Å². The molecule has 0 saturated heterocycles. The molecule has 0 spiro atoms. The molecule has 17 heavy (non-hydrogen) atoms. The zero-order chi connectivity index (χ0) is 14.1. The molecule has 1 unspecified atom stereocenters. The summed E-state index contributed by atoms with van der Waals surface area (Å²) in [6, 6.07) is 0. The third-order valence-corrected chi connectivity index (χ3v) is 2.15. The summed E-state index contributed by atoms with van der Waals surface area (Å²) in [6.07, 6.45) is 3.99. The molecule has 0 fully saturated rings. The summed E-state index contributed by atoms with van der Waals surface area (Å²) in [4.78, 5) is 10.7. The number of methoxy groups -OCH3 is 1. The standard InChI is InChI=1S/C10H20O3.2C2H6/c1-4-6-7-9(5-2)8-13-10(11)12-3;2*1-2/h9H,4-8H2,1-3H3;2*1-2H3. The predicted molar refractivity (Wildman–Crippen MR) is 74.4 cm³/mol. The molecule has 0 rings (SSSR count). The minimum Gasteiger partial charge on any atom is -0.438 e. The molecule has 0 aliphatic carbocycles. The van der Waals surface area contributed by atoms with E-state index in [1.54, 1.807) is 0 Å². The third kappa shape index (κ3) is 17.9. The number of hydrogen-bond acceptors (Lipinski definition) is 3. The first-order chi connectivity index (χ1) is 8.24. The van der Waals surface area contributed by atoms with Crippen molar-refractivity contribution in [2.75, 3.05) is 13.7 Å². The van der Waals surface area contributed by atoms with Gasteiger partial charge in [0.1, 0.15) is 0 Å². The van der Waals surface area contributed by atoms with Gasteiger partial charge in [0, 0.05) is 0 Å². The normalized spacial score (nSPS) is 10.1. The Labute approximate surface area is 108 Å². The molecule has 1 atom stereocenters. The largest absolute Gasteiger partial charge is 0.507 e. The van der Waals surface area contributed by atoms with Crippen LogP contribution < -0.4 is 0 Å². The predicted octanol–water partition coefficient (Wildman–Crippen LogP) is 5.04. The van der Waals surface area contributed by atoms with Crippen LogP contribution in [0.5, 0.6) is 0 Å². The molecule has 0 saturated carbocycles. The molecular formula is C14H32O3. The molecule has 106 valence electrons. The zero-order valence-corrected chi connectivity index (χ0v) is 12.8. The van der Waals surface area contributed by atoms with Crippen LogP contribution in [0, 0.1) is 5.92 Å². The summed E-state index contributed by atoms with van der Waals surface area (Å²) in [5, 5.41) is 0. The van der Waals surface area contributed by atoms with Gasteiger partial charge in [-0.3, -0.25) is 0 Å². The molecule has 3 nitrogen and oxygen atoms in total. The maximum absolute atomic E-state index is 10.7. The average Bonchev–Trinajstić information content (AvgIpc) is 2.43. The van der Waals surface area contributed by atoms with E-state index in [1.165, 1.54) is 20.0 Å². The minimum atomic E-state index is -0.574. The van der Waals surface area contributed by atoms with Crippen molar-refractivity contribution in [2.45, 2.75) is 67.2 Å². The van der Waals surface area contributed by atoms with Crippen molar-refractivity contribution < 1.29 is 14.3 Å². The second-order valence-electron chi connectivity index (χ2n) is 3.18. The van der Waals surface area contributed by atoms with E-state index in [4.69, 9.17) is 4.74 Å². The molecule has 0 aliphatic rings. The molecule has 0 aromatic heterocycles. The second kappa shape index (κ2) is 20.7. The lowest BCUT2D eigenvalue weighted by Crippen LogP contribution is -2.13. The van der Waals surface area contributed by atoms with Gasteiger partial charge < -0.3 is 9.47 Å². The Balaban J connectivity index is -0.000000439. The van der Waals surface area contributed by atoms with E-state index in [9.17, 15) is 4.79 Å². The molecular weight excluding hydrogens is 216 g/mol. The fourth-order valence-corrected chi connectivity index (χ4v) is 1.14. The van der Waals surface area contributed by atoms with Crippen LogP contribution in [0.3, 0.4) is 0 Å². The molecule has 0 amide bonds. The second-order valence-corrected chi connectivity index (χ2v) is 3.18. The van der Waals surface area contributed by atoms with Crippen molar-refractivity contribution in [1.29, 1.82) is 0 Å². The van der Waals surface area contributed by atoms with Crippen LogP contribution in [0.1, 0.15) is 67.2 Å². The number of ether oxygens (including phenoxy) is 2. The maximum atomic E-state index is 10.7. The number of unbranched alkanes of at least 4 members (excludes halogenated alkanes) is 1. The fourth-order valence-electron chi connectivity index (χ4n) is 1.14. The van der Waals surface area contributed by atoms with Crippen LogP contribution in [0.4, 0.5) is 4.79 Å². The Kier molecular flexibility index (Phi) is 26.2. The molecule has 0 radical (unpaired) electrons. The van der Waals surface area contributed by atoms with Crippen LogP contribution in [-0.2, 0) is 9.47 Å². The Bertz CT molecular complexity index is 135. The van der Waals surface area contributed by atoms with Crippen LogP contribution in [-0.4, -0.2) is 19.9 Å². The molecule has 3 heteroatoms. The topological polar surface area (TPSA) is 35.5 Å². The van der Waals surface area contributed by atoms with E-state index < -0.39 is 6.16 Å².